The molecule has 1 aromatic carbocycles. The first kappa shape index (κ1) is 20.2. The number of rotatable bonds is 7. The number of nitrogens with one attached hydrogen (secondary N) is 2. The van der Waals surface area contributed by atoms with Crippen molar-refractivity contribution in [2.24, 2.45) is 0 Å². The Bertz CT molecular complexity index is 746. The molecular formula is C20H23N3O4. The minimum absolute atomic E-state index is 0.442. The van der Waals surface area contributed by atoms with Crippen LogP contribution in [0, 0.1) is 11.3 Å². The molecule has 0 aliphatic heterocycles. The molecule has 2 N–H and O–H groups in total. The molecule has 2 amide bonds. The standard InChI is InChI=1S/C20H23N3O4/c1-15(22-17(24)10-9-16-7-3-2-4-8-16)19(26)27-13-18(25)23-20(14-21)11-5-6-12-20/h2-4,7-10,15H,5-6,11-13H2,1H3,(H,22,24)(H,23,25)/b10-9+/t15-/m1/s1. The highest BCUT2D eigenvalue weighted by atomic mass is 16.5. The van der Waals surface area contributed by atoms with Gasteiger partial charge < -0.3 is 15.4 Å². The van der Waals surface area contributed by atoms with Crippen molar-refractivity contribution >= 4 is 23.9 Å². The summed E-state index contributed by atoms with van der Waals surface area (Å²) in [6.07, 6.45) is 5.92. The minimum Gasteiger partial charge on any atom is -0.454 e. The Morgan fingerprint density at radius 3 is 2.56 bits per heavy atom. The molecule has 0 radical (unpaired) electrons. The maximum Gasteiger partial charge on any atom is 0.328 e. The predicted octanol–water partition coefficient (Wildman–Crippen LogP) is 1.70. The lowest BCUT2D eigenvalue weighted by Crippen LogP contribution is -2.47. The molecule has 1 fully saturated rings. The smallest absolute Gasteiger partial charge is 0.328 e. The van der Waals surface area contributed by atoms with Gasteiger partial charge in [0, 0.05) is 6.08 Å². The molecule has 1 saturated carbocycles. The van der Waals surface area contributed by atoms with Crippen molar-refractivity contribution in [1.29, 1.82) is 5.26 Å². The zero-order valence-corrected chi connectivity index (χ0v) is 15.2. The van der Waals surface area contributed by atoms with Crippen molar-refractivity contribution in [3.8, 4) is 6.07 Å². The van der Waals surface area contributed by atoms with E-state index in [-0.39, 0.29) is 0 Å². The second-order valence-corrected chi connectivity index (χ2v) is 6.53. The van der Waals surface area contributed by atoms with Gasteiger partial charge in [-0.05, 0) is 44.2 Å². The minimum atomic E-state index is -0.901. The van der Waals surface area contributed by atoms with Crippen LogP contribution in [0.4, 0.5) is 0 Å². The van der Waals surface area contributed by atoms with E-state index in [4.69, 9.17) is 4.74 Å². The lowest BCUT2D eigenvalue weighted by molar-refractivity contribution is -0.151. The van der Waals surface area contributed by atoms with E-state index in [1.54, 1.807) is 6.08 Å². The van der Waals surface area contributed by atoms with E-state index in [2.05, 4.69) is 16.7 Å². The molecule has 142 valence electrons. The quantitative estimate of drug-likeness (QED) is 0.562. The molecule has 0 bridgehead atoms. The lowest BCUT2D eigenvalue weighted by Gasteiger charge is -2.22. The molecule has 1 aliphatic carbocycles. The topological polar surface area (TPSA) is 108 Å². The van der Waals surface area contributed by atoms with Crippen molar-refractivity contribution in [2.45, 2.75) is 44.2 Å². The summed E-state index contributed by atoms with van der Waals surface area (Å²) >= 11 is 0. The number of carbonyl (C=O) groups excluding carboxylic acids is 3. The normalized spacial score (nSPS) is 16.3. The summed E-state index contributed by atoms with van der Waals surface area (Å²) < 4.78 is 4.93. The highest BCUT2D eigenvalue weighted by Crippen LogP contribution is 2.28. The molecule has 1 aliphatic rings. The van der Waals surface area contributed by atoms with Gasteiger partial charge in [-0.15, -0.1) is 0 Å². The third-order valence-electron chi connectivity index (χ3n) is 4.33. The Balaban J connectivity index is 1.75. The number of hydrogen-bond donors (Lipinski definition) is 2. The summed E-state index contributed by atoms with van der Waals surface area (Å²) in [4.78, 5) is 35.7. The van der Waals surface area contributed by atoms with Crippen LogP contribution >= 0.6 is 0 Å². The number of ether oxygens (including phenoxy) is 1. The molecule has 2 rings (SSSR count). The molecule has 1 aromatic rings. The van der Waals surface area contributed by atoms with Crippen LogP contribution in [0.2, 0.25) is 0 Å². The maximum absolute atomic E-state index is 11.9. The Hall–Kier alpha value is -3.14. The first-order valence-electron chi connectivity index (χ1n) is 8.87. The molecule has 7 nitrogen and oxygen atoms in total. The summed E-state index contributed by atoms with van der Waals surface area (Å²) in [5, 5.41) is 14.4. The van der Waals surface area contributed by atoms with Crippen LogP contribution in [-0.2, 0) is 19.1 Å². The summed E-state index contributed by atoms with van der Waals surface area (Å²) in [7, 11) is 0. The monoisotopic (exact) mass is 369 g/mol. The van der Waals surface area contributed by atoms with E-state index in [1.807, 2.05) is 30.3 Å². The predicted molar refractivity (Wildman–Crippen MR) is 99.0 cm³/mol. The Morgan fingerprint density at radius 1 is 1.26 bits per heavy atom. The fourth-order valence-corrected chi connectivity index (χ4v) is 2.86. The SMILES string of the molecule is C[C@@H](NC(=O)/C=C/c1ccccc1)C(=O)OCC(=O)NC1(C#N)CCCC1. The highest BCUT2D eigenvalue weighted by Gasteiger charge is 2.35. The summed E-state index contributed by atoms with van der Waals surface area (Å²) in [5.74, 6) is -1.68. The van der Waals surface area contributed by atoms with Crippen molar-refractivity contribution in [2.75, 3.05) is 6.61 Å². The number of amides is 2. The largest absolute Gasteiger partial charge is 0.454 e. The molecule has 0 spiro atoms. The van der Waals surface area contributed by atoms with Gasteiger partial charge in [-0.2, -0.15) is 5.26 Å². The van der Waals surface area contributed by atoms with Gasteiger partial charge in [0.2, 0.25) is 5.91 Å². The third kappa shape index (κ3) is 6.26. The summed E-state index contributed by atoms with van der Waals surface area (Å²) in [6, 6.07) is 10.5. The van der Waals surface area contributed by atoms with Crippen molar-refractivity contribution < 1.29 is 19.1 Å². The average Bonchev–Trinajstić information content (AvgIpc) is 3.14. The Labute approximate surface area is 158 Å². The molecule has 0 unspecified atom stereocenters. The van der Waals surface area contributed by atoms with E-state index in [1.165, 1.54) is 13.0 Å². The molecule has 0 heterocycles. The summed E-state index contributed by atoms with van der Waals surface area (Å²) in [6.45, 7) is 0.991. The van der Waals surface area contributed by atoms with Crippen LogP contribution in [0.3, 0.4) is 0 Å². The molecular weight excluding hydrogens is 346 g/mol. The lowest BCUT2D eigenvalue weighted by atomic mass is 10.00. The Morgan fingerprint density at radius 2 is 1.93 bits per heavy atom. The zero-order valence-electron chi connectivity index (χ0n) is 15.2. The molecule has 1 atom stereocenters. The van der Waals surface area contributed by atoms with Crippen LogP contribution < -0.4 is 10.6 Å². The van der Waals surface area contributed by atoms with Gasteiger partial charge in [-0.3, -0.25) is 9.59 Å². The number of benzene rings is 1. The molecule has 7 heteroatoms. The second-order valence-electron chi connectivity index (χ2n) is 6.53. The van der Waals surface area contributed by atoms with Gasteiger partial charge in [0.25, 0.3) is 5.91 Å². The summed E-state index contributed by atoms with van der Waals surface area (Å²) in [5.41, 5.74) is 0.00355. The number of nitriles is 1. The average molecular weight is 369 g/mol. The maximum atomic E-state index is 11.9. The van der Waals surface area contributed by atoms with Crippen molar-refractivity contribution in [3.05, 3.63) is 42.0 Å². The molecule has 27 heavy (non-hydrogen) atoms. The first-order valence-corrected chi connectivity index (χ1v) is 8.87. The van der Waals surface area contributed by atoms with Gasteiger partial charge in [-0.25, -0.2) is 4.79 Å². The third-order valence-corrected chi connectivity index (χ3v) is 4.33. The second kappa shape index (κ2) is 9.53. The van der Waals surface area contributed by atoms with Crippen molar-refractivity contribution in [3.63, 3.8) is 0 Å². The van der Waals surface area contributed by atoms with Crippen LogP contribution in [-0.4, -0.2) is 36.0 Å². The van der Waals surface area contributed by atoms with Gasteiger partial charge in [0.15, 0.2) is 6.61 Å². The molecule has 0 saturated heterocycles. The van der Waals surface area contributed by atoms with E-state index >= 15 is 0 Å². The van der Waals surface area contributed by atoms with Gasteiger partial charge in [0.1, 0.15) is 11.6 Å². The first-order chi connectivity index (χ1) is 12.9. The number of nitrogens with zero attached hydrogens (tertiary/aromatic N) is 1. The number of carbonyl (C=O) groups is 3. The fourth-order valence-electron chi connectivity index (χ4n) is 2.86. The number of hydrogen-bond acceptors (Lipinski definition) is 5. The van der Waals surface area contributed by atoms with E-state index < -0.39 is 36.0 Å². The highest BCUT2D eigenvalue weighted by molar-refractivity contribution is 5.94. The van der Waals surface area contributed by atoms with Crippen LogP contribution in [0.5, 0.6) is 0 Å². The zero-order chi connectivity index (χ0) is 19.7. The van der Waals surface area contributed by atoms with E-state index in [9.17, 15) is 19.6 Å². The molecule has 0 aromatic heterocycles. The van der Waals surface area contributed by atoms with E-state index in [0.717, 1.165) is 18.4 Å². The van der Waals surface area contributed by atoms with E-state index in [0.29, 0.717) is 12.8 Å². The van der Waals surface area contributed by atoms with Crippen molar-refractivity contribution in [1.82, 2.24) is 10.6 Å². The van der Waals surface area contributed by atoms with Gasteiger partial charge >= 0.3 is 5.97 Å². The Kier molecular flexibility index (Phi) is 7.12. The number of esters is 1. The van der Waals surface area contributed by atoms with Crippen LogP contribution in [0.15, 0.2) is 36.4 Å². The van der Waals surface area contributed by atoms with Gasteiger partial charge in [0.05, 0.1) is 6.07 Å². The fraction of sp³-hybridized carbons (Fsp3) is 0.400. The van der Waals surface area contributed by atoms with Crippen LogP contribution in [0.1, 0.15) is 38.2 Å². The van der Waals surface area contributed by atoms with Crippen LogP contribution in [0.25, 0.3) is 6.08 Å². The van der Waals surface area contributed by atoms with Gasteiger partial charge in [-0.1, -0.05) is 30.3 Å².